The zero-order valence-corrected chi connectivity index (χ0v) is 13.4. The Bertz CT molecular complexity index is 637. The average molecular weight is 336 g/mol. The van der Waals surface area contributed by atoms with E-state index in [4.69, 9.17) is 9.84 Å². The summed E-state index contributed by atoms with van der Waals surface area (Å²) >= 11 is 0. The van der Waals surface area contributed by atoms with Crippen LogP contribution in [0.5, 0.6) is 5.75 Å². The van der Waals surface area contributed by atoms with E-state index in [1.165, 1.54) is 18.2 Å². The van der Waals surface area contributed by atoms with Gasteiger partial charge in [0, 0.05) is 12.1 Å². The fourth-order valence-electron chi connectivity index (χ4n) is 2.86. The van der Waals surface area contributed by atoms with Gasteiger partial charge in [-0.1, -0.05) is 0 Å². The summed E-state index contributed by atoms with van der Waals surface area (Å²) in [6.45, 7) is 2.17. The van der Waals surface area contributed by atoms with Gasteiger partial charge >= 0.3 is 5.97 Å². The summed E-state index contributed by atoms with van der Waals surface area (Å²) in [5, 5.41) is 22.9. The number of nitro benzene ring substituents is 1. The molecule has 0 saturated heterocycles. The highest BCUT2D eigenvalue weighted by molar-refractivity contribution is 5.98. The third-order valence-corrected chi connectivity index (χ3v) is 4.13. The molecule has 0 spiro atoms. The van der Waals surface area contributed by atoms with Gasteiger partial charge in [-0.2, -0.15) is 0 Å². The molecule has 1 aromatic carbocycles. The van der Waals surface area contributed by atoms with Crippen LogP contribution in [0.2, 0.25) is 0 Å². The Morgan fingerprint density at radius 1 is 1.33 bits per heavy atom. The Kier molecular flexibility index (Phi) is 5.73. The largest absolute Gasteiger partial charge is 0.494 e. The highest BCUT2D eigenvalue weighted by Crippen LogP contribution is 2.27. The lowest BCUT2D eigenvalue weighted by Crippen LogP contribution is -2.38. The quantitative estimate of drug-likeness (QED) is 0.608. The van der Waals surface area contributed by atoms with Gasteiger partial charge < -0.3 is 15.2 Å². The normalized spacial score (nSPS) is 20.2. The Morgan fingerprint density at radius 2 is 2.00 bits per heavy atom. The number of hydrogen-bond donors (Lipinski definition) is 2. The smallest absolute Gasteiger partial charge is 0.306 e. The summed E-state index contributed by atoms with van der Waals surface area (Å²) in [4.78, 5) is 33.9. The molecule has 1 aliphatic carbocycles. The number of rotatable bonds is 6. The summed E-state index contributed by atoms with van der Waals surface area (Å²) in [5.41, 5.74) is -0.332. The zero-order valence-electron chi connectivity index (χ0n) is 13.4. The Hall–Kier alpha value is -2.64. The van der Waals surface area contributed by atoms with Gasteiger partial charge in [-0.25, -0.2) is 0 Å². The second kappa shape index (κ2) is 7.76. The molecule has 2 N–H and O–H groups in total. The van der Waals surface area contributed by atoms with Crippen LogP contribution in [0.15, 0.2) is 18.2 Å². The fraction of sp³-hybridized carbons (Fsp3) is 0.500. The van der Waals surface area contributed by atoms with Gasteiger partial charge in [0.2, 0.25) is 0 Å². The molecule has 8 nitrogen and oxygen atoms in total. The number of carbonyl (C=O) groups excluding carboxylic acids is 1. The van der Waals surface area contributed by atoms with E-state index in [9.17, 15) is 19.7 Å². The molecule has 1 saturated carbocycles. The summed E-state index contributed by atoms with van der Waals surface area (Å²) < 4.78 is 5.29. The minimum Gasteiger partial charge on any atom is -0.494 e. The van der Waals surface area contributed by atoms with Crippen molar-refractivity contribution in [1.29, 1.82) is 0 Å². The Morgan fingerprint density at radius 3 is 2.54 bits per heavy atom. The number of ether oxygens (including phenoxy) is 1. The molecule has 0 aliphatic heterocycles. The first-order chi connectivity index (χ1) is 11.4. The third-order valence-electron chi connectivity index (χ3n) is 4.13. The molecule has 1 fully saturated rings. The van der Waals surface area contributed by atoms with Crippen molar-refractivity contribution in [1.82, 2.24) is 5.32 Å². The zero-order chi connectivity index (χ0) is 17.7. The Labute approximate surface area is 139 Å². The number of aliphatic carboxylic acids is 1. The van der Waals surface area contributed by atoms with Crippen LogP contribution in [0.4, 0.5) is 5.69 Å². The first kappa shape index (κ1) is 17.7. The molecule has 0 aromatic heterocycles. The van der Waals surface area contributed by atoms with Crippen molar-refractivity contribution < 1.29 is 24.4 Å². The van der Waals surface area contributed by atoms with Crippen molar-refractivity contribution in [2.45, 2.75) is 38.6 Å². The number of carbonyl (C=O) groups is 2. The molecule has 1 aliphatic rings. The maximum Gasteiger partial charge on any atom is 0.306 e. The van der Waals surface area contributed by atoms with Crippen molar-refractivity contribution in [2.24, 2.45) is 5.92 Å². The van der Waals surface area contributed by atoms with Crippen LogP contribution in [-0.2, 0) is 4.79 Å². The van der Waals surface area contributed by atoms with E-state index >= 15 is 0 Å². The lowest BCUT2D eigenvalue weighted by molar-refractivity contribution is -0.385. The monoisotopic (exact) mass is 336 g/mol. The van der Waals surface area contributed by atoms with Gasteiger partial charge in [-0.05, 0) is 44.7 Å². The topological polar surface area (TPSA) is 119 Å². The van der Waals surface area contributed by atoms with Gasteiger partial charge in [0.15, 0.2) is 0 Å². The maximum atomic E-state index is 12.4. The van der Waals surface area contributed by atoms with Gasteiger partial charge in [0.25, 0.3) is 11.6 Å². The number of carboxylic acid groups (broad SMARTS) is 1. The molecule has 0 heterocycles. The molecule has 0 radical (unpaired) electrons. The van der Waals surface area contributed by atoms with Gasteiger partial charge in [0.05, 0.1) is 17.4 Å². The van der Waals surface area contributed by atoms with E-state index in [1.807, 2.05) is 0 Å². The van der Waals surface area contributed by atoms with E-state index in [2.05, 4.69) is 5.32 Å². The molecule has 1 amide bonds. The van der Waals surface area contributed by atoms with E-state index in [-0.39, 0.29) is 23.2 Å². The third kappa shape index (κ3) is 4.21. The SMILES string of the molecule is CCOc1ccc([N+](=O)[O-])c(C(=O)NC2CCC(C(=O)O)CC2)c1. The first-order valence-corrected chi connectivity index (χ1v) is 7.87. The van der Waals surface area contributed by atoms with Crippen molar-refractivity contribution in [2.75, 3.05) is 6.61 Å². The molecule has 0 atom stereocenters. The number of nitrogens with one attached hydrogen (secondary N) is 1. The van der Waals surface area contributed by atoms with Crippen LogP contribution in [-0.4, -0.2) is 34.6 Å². The number of nitrogens with zero attached hydrogens (tertiary/aromatic N) is 1. The summed E-state index contributed by atoms with van der Waals surface area (Å²) in [5.74, 6) is -1.35. The van der Waals surface area contributed by atoms with Crippen LogP contribution in [0.3, 0.4) is 0 Å². The molecule has 130 valence electrons. The first-order valence-electron chi connectivity index (χ1n) is 7.87. The molecule has 0 bridgehead atoms. The standard InChI is InChI=1S/C16H20N2O6/c1-2-24-12-7-8-14(18(22)23)13(9-12)15(19)17-11-5-3-10(4-6-11)16(20)21/h7-11H,2-6H2,1H3,(H,17,19)(H,20,21). The highest BCUT2D eigenvalue weighted by atomic mass is 16.6. The number of carboxylic acids is 1. The van der Waals surface area contributed by atoms with Gasteiger partial charge in [-0.3, -0.25) is 19.7 Å². The second-order valence-corrected chi connectivity index (χ2v) is 5.73. The number of amides is 1. The van der Waals surface area contributed by atoms with Crippen LogP contribution in [0, 0.1) is 16.0 Å². The van der Waals surface area contributed by atoms with Gasteiger partial charge in [-0.15, -0.1) is 0 Å². The lowest BCUT2D eigenvalue weighted by Gasteiger charge is -2.26. The van der Waals surface area contributed by atoms with Gasteiger partial charge in [0.1, 0.15) is 11.3 Å². The minimum absolute atomic E-state index is 0.0497. The second-order valence-electron chi connectivity index (χ2n) is 5.73. The predicted octanol–water partition coefficient (Wildman–Crippen LogP) is 2.37. The molecule has 2 rings (SSSR count). The summed E-state index contributed by atoms with van der Waals surface area (Å²) in [7, 11) is 0. The maximum absolute atomic E-state index is 12.4. The van der Waals surface area contributed by atoms with Crippen LogP contribution in [0.1, 0.15) is 43.0 Å². The van der Waals surface area contributed by atoms with Crippen LogP contribution in [0.25, 0.3) is 0 Å². The van der Waals surface area contributed by atoms with E-state index < -0.39 is 16.8 Å². The van der Waals surface area contributed by atoms with Crippen LogP contribution >= 0.6 is 0 Å². The van der Waals surface area contributed by atoms with Crippen molar-refractivity contribution >= 4 is 17.6 Å². The van der Waals surface area contributed by atoms with E-state index in [0.29, 0.717) is 38.0 Å². The lowest BCUT2D eigenvalue weighted by atomic mass is 9.86. The summed E-state index contributed by atoms with van der Waals surface area (Å²) in [6, 6.07) is 3.89. The molecule has 24 heavy (non-hydrogen) atoms. The number of benzene rings is 1. The van der Waals surface area contributed by atoms with E-state index in [1.54, 1.807) is 6.92 Å². The Balaban J connectivity index is 2.10. The number of nitro groups is 1. The molecule has 0 unspecified atom stereocenters. The van der Waals surface area contributed by atoms with Crippen LogP contribution < -0.4 is 10.1 Å². The van der Waals surface area contributed by atoms with E-state index in [0.717, 1.165) is 0 Å². The molecule has 1 aromatic rings. The average Bonchev–Trinajstić information content (AvgIpc) is 2.55. The molecular formula is C16H20N2O6. The molecule has 8 heteroatoms. The van der Waals surface area contributed by atoms with Crippen molar-refractivity contribution in [3.63, 3.8) is 0 Å². The fourth-order valence-corrected chi connectivity index (χ4v) is 2.86. The highest BCUT2D eigenvalue weighted by Gasteiger charge is 2.28. The van der Waals surface area contributed by atoms with Crippen molar-refractivity contribution in [3.05, 3.63) is 33.9 Å². The minimum atomic E-state index is -0.820. The summed E-state index contributed by atoms with van der Waals surface area (Å²) in [6.07, 6.45) is 2.06. The van der Waals surface area contributed by atoms with Crippen molar-refractivity contribution in [3.8, 4) is 5.75 Å². The predicted molar refractivity (Wildman–Crippen MR) is 85.1 cm³/mol. The molecular weight excluding hydrogens is 316 g/mol. The number of hydrogen-bond acceptors (Lipinski definition) is 5.